The largest absolute Gasteiger partial charge is 0.507 e. The van der Waals surface area contributed by atoms with Crippen LogP contribution in [-0.4, -0.2) is 41.3 Å². The summed E-state index contributed by atoms with van der Waals surface area (Å²) in [5.41, 5.74) is 1.58. The van der Waals surface area contributed by atoms with Crippen LogP contribution in [0.15, 0.2) is 30.3 Å². The van der Waals surface area contributed by atoms with Crippen LogP contribution in [0.3, 0.4) is 0 Å². The molecule has 1 aromatic carbocycles. The Morgan fingerprint density at radius 2 is 1.86 bits per heavy atom. The number of nitrogens with one attached hydrogen (secondary N) is 1. The van der Waals surface area contributed by atoms with Crippen molar-refractivity contribution in [1.82, 2.24) is 15.3 Å². The fourth-order valence-corrected chi connectivity index (χ4v) is 2.39. The summed E-state index contributed by atoms with van der Waals surface area (Å²) in [5.74, 6) is 1.72. The number of halogens is 1. The molecule has 21 heavy (non-hydrogen) atoms. The van der Waals surface area contributed by atoms with Crippen LogP contribution in [0.25, 0.3) is 11.4 Å². The number of nitrogens with zero attached hydrogens (tertiary/aromatic N) is 3. The summed E-state index contributed by atoms with van der Waals surface area (Å²) in [7, 11) is 0. The number of phenols is 1. The van der Waals surface area contributed by atoms with Crippen molar-refractivity contribution >= 4 is 18.2 Å². The Bertz CT molecular complexity index is 614. The summed E-state index contributed by atoms with van der Waals surface area (Å²) in [6, 6.07) is 9.17. The molecule has 0 spiro atoms. The molecule has 2 aromatic rings. The fourth-order valence-electron chi connectivity index (χ4n) is 2.39. The number of aryl methyl sites for hydroxylation is 1. The van der Waals surface area contributed by atoms with Crippen molar-refractivity contribution in [3.8, 4) is 17.1 Å². The van der Waals surface area contributed by atoms with Crippen LogP contribution in [0.4, 0.5) is 5.82 Å². The van der Waals surface area contributed by atoms with Gasteiger partial charge in [0.2, 0.25) is 0 Å². The Morgan fingerprint density at radius 1 is 1.14 bits per heavy atom. The summed E-state index contributed by atoms with van der Waals surface area (Å²) in [6.07, 6.45) is 0. The zero-order chi connectivity index (χ0) is 13.9. The van der Waals surface area contributed by atoms with Gasteiger partial charge in [-0.15, -0.1) is 12.4 Å². The third-order valence-corrected chi connectivity index (χ3v) is 3.43. The molecule has 0 amide bonds. The number of benzene rings is 1. The van der Waals surface area contributed by atoms with Crippen LogP contribution in [0.5, 0.6) is 5.75 Å². The van der Waals surface area contributed by atoms with Crippen LogP contribution in [0.2, 0.25) is 0 Å². The summed E-state index contributed by atoms with van der Waals surface area (Å²) in [4.78, 5) is 11.3. The highest BCUT2D eigenvalue weighted by Crippen LogP contribution is 2.27. The first-order valence-electron chi connectivity index (χ1n) is 6.84. The maximum absolute atomic E-state index is 9.95. The number of anilines is 1. The Labute approximate surface area is 130 Å². The van der Waals surface area contributed by atoms with E-state index in [-0.39, 0.29) is 18.2 Å². The van der Waals surface area contributed by atoms with Gasteiger partial charge in [-0.05, 0) is 19.1 Å². The lowest BCUT2D eigenvalue weighted by Crippen LogP contribution is -2.44. The van der Waals surface area contributed by atoms with Gasteiger partial charge >= 0.3 is 0 Å². The van der Waals surface area contributed by atoms with E-state index in [1.165, 1.54) is 0 Å². The van der Waals surface area contributed by atoms with Gasteiger partial charge in [0, 0.05) is 37.9 Å². The first-order chi connectivity index (χ1) is 9.74. The summed E-state index contributed by atoms with van der Waals surface area (Å²) in [5, 5.41) is 13.3. The van der Waals surface area contributed by atoms with E-state index in [4.69, 9.17) is 0 Å². The number of para-hydroxylation sites is 1. The van der Waals surface area contributed by atoms with E-state index in [2.05, 4.69) is 20.2 Å². The molecule has 0 aliphatic carbocycles. The van der Waals surface area contributed by atoms with Crippen molar-refractivity contribution in [1.29, 1.82) is 0 Å². The van der Waals surface area contributed by atoms with Crippen molar-refractivity contribution in [2.75, 3.05) is 31.1 Å². The van der Waals surface area contributed by atoms with Gasteiger partial charge in [-0.3, -0.25) is 0 Å². The molecular weight excluding hydrogens is 288 g/mol. The van der Waals surface area contributed by atoms with Crippen LogP contribution < -0.4 is 10.2 Å². The first-order valence-corrected chi connectivity index (χ1v) is 6.84. The molecule has 5 nitrogen and oxygen atoms in total. The Hall–Kier alpha value is -1.85. The number of piperazine rings is 1. The predicted octanol–water partition coefficient (Wildman–Crippen LogP) is 1.99. The summed E-state index contributed by atoms with van der Waals surface area (Å²) in [6.45, 7) is 5.77. The lowest BCUT2D eigenvalue weighted by atomic mass is 10.2. The molecule has 0 atom stereocenters. The van der Waals surface area contributed by atoms with Crippen molar-refractivity contribution in [2.24, 2.45) is 0 Å². The monoisotopic (exact) mass is 306 g/mol. The molecule has 6 heteroatoms. The van der Waals surface area contributed by atoms with Gasteiger partial charge in [-0.1, -0.05) is 12.1 Å². The lowest BCUT2D eigenvalue weighted by Gasteiger charge is -2.28. The van der Waals surface area contributed by atoms with Crippen molar-refractivity contribution < 1.29 is 5.11 Å². The highest BCUT2D eigenvalue weighted by Gasteiger charge is 2.15. The second-order valence-corrected chi connectivity index (χ2v) is 4.95. The fraction of sp³-hybridized carbons (Fsp3) is 0.333. The molecule has 3 rings (SSSR count). The second-order valence-electron chi connectivity index (χ2n) is 4.95. The maximum atomic E-state index is 9.95. The van der Waals surface area contributed by atoms with Gasteiger partial charge in [0.05, 0.1) is 5.56 Å². The molecule has 1 aliphatic rings. The number of aromatic hydroxyl groups is 1. The van der Waals surface area contributed by atoms with Gasteiger partial charge in [-0.2, -0.15) is 0 Å². The van der Waals surface area contributed by atoms with E-state index < -0.39 is 0 Å². The SMILES string of the molecule is Cc1cc(N2CCNCC2)nc(-c2ccccc2O)n1.Cl. The smallest absolute Gasteiger partial charge is 0.165 e. The van der Waals surface area contributed by atoms with Gasteiger partial charge in [-0.25, -0.2) is 9.97 Å². The van der Waals surface area contributed by atoms with Gasteiger partial charge < -0.3 is 15.3 Å². The molecule has 0 unspecified atom stereocenters. The number of hydrogen-bond donors (Lipinski definition) is 2. The highest BCUT2D eigenvalue weighted by molar-refractivity contribution is 5.85. The molecule has 1 aromatic heterocycles. The average molecular weight is 307 g/mol. The molecule has 2 N–H and O–H groups in total. The van der Waals surface area contributed by atoms with Gasteiger partial charge in [0.15, 0.2) is 5.82 Å². The topological polar surface area (TPSA) is 61.3 Å². The minimum Gasteiger partial charge on any atom is -0.507 e. The quantitative estimate of drug-likeness (QED) is 0.888. The normalized spacial score (nSPS) is 14.6. The van der Waals surface area contributed by atoms with E-state index in [1.807, 2.05) is 25.1 Å². The molecule has 2 heterocycles. The lowest BCUT2D eigenvalue weighted by molar-refractivity contribution is 0.477. The third-order valence-electron chi connectivity index (χ3n) is 3.43. The van der Waals surface area contributed by atoms with Gasteiger partial charge in [0.1, 0.15) is 11.6 Å². The van der Waals surface area contributed by atoms with Crippen molar-refractivity contribution in [3.05, 3.63) is 36.0 Å². The van der Waals surface area contributed by atoms with E-state index in [0.717, 1.165) is 37.7 Å². The van der Waals surface area contributed by atoms with Crippen molar-refractivity contribution in [2.45, 2.75) is 6.92 Å². The second kappa shape index (κ2) is 6.74. The molecular formula is C15H19ClN4O. The minimum atomic E-state index is 0. The molecule has 1 fully saturated rings. The Kier molecular flexibility index (Phi) is 4.98. The van der Waals surface area contributed by atoms with Crippen LogP contribution >= 0.6 is 12.4 Å². The maximum Gasteiger partial charge on any atom is 0.165 e. The van der Waals surface area contributed by atoms with Gasteiger partial charge in [0.25, 0.3) is 0 Å². The van der Waals surface area contributed by atoms with Crippen LogP contribution in [0.1, 0.15) is 5.69 Å². The molecule has 1 saturated heterocycles. The molecule has 0 radical (unpaired) electrons. The van der Waals surface area contributed by atoms with E-state index in [0.29, 0.717) is 11.4 Å². The summed E-state index contributed by atoms with van der Waals surface area (Å²) >= 11 is 0. The molecule has 1 aliphatic heterocycles. The van der Waals surface area contributed by atoms with Crippen molar-refractivity contribution in [3.63, 3.8) is 0 Å². The number of phenolic OH excluding ortho intramolecular Hbond substituents is 1. The minimum absolute atomic E-state index is 0. The summed E-state index contributed by atoms with van der Waals surface area (Å²) < 4.78 is 0. The molecule has 0 bridgehead atoms. The standard InChI is InChI=1S/C15H18N4O.ClH/c1-11-10-14(19-8-6-16-7-9-19)18-15(17-11)12-4-2-3-5-13(12)20;/h2-5,10,16,20H,6-9H2,1H3;1H. The zero-order valence-corrected chi connectivity index (χ0v) is 12.7. The Morgan fingerprint density at radius 3 is 2.57 bits per heavy atom. The van der Waals surface area contributed by atoms with E-state index in [1.54, 1.807) is 12.1 Å². The number of hydrogen-bond acceptors (Lipinski definition) is 5. The number of rotatable bonds is 2. The zero-order valence-electron chi connectivity index (χ0n) is 11.9. The van der Waals surface area contributed by atoms with Crippen LogP contribution in [0, 0.1) is 6.92 Å². The molecule has 112 valence electrons. The Balaban J connectivity index is 0.00000161. The predicted molar refractivity (Wildman–Crippen MR) is 86.2 cm³/mol. The third kappa shape index (κ3) is 3.43. The average Bonchev–Trinajstić information content (AvgIpc) is 2.48. The van der Waals surface area contributed by atoms with E-state index >= 15 is 0 Å². The van der Waals surface area contributed by atoms with Crippen LogP contribution in [-0.2, 0) is 0 Å². The number of aromatic nitrogens is 2. The highest BCUT2D eigenvalue weighted by atomic mass is 35.5. The molecule has 0 saturated carbocycles. The van der Waals surface area contributed by atoms with E-state index in [9.17, 15) is 5.11 Å². The first kappa shape index (κ1) is 15.5.